The molecule has 1 aromatic heterocycles. The summed E-state index contributed by atoms with van der Waals surface area (Å²) in [6, 6.07) is 3.30. The maximum absolute atomic E-state index is 11.7. The van der Waals surface area contributed by atoms with E-state index in [9.17, 15) is 14.9 Å². The third-order valence-corrected chi connectivity index (χ3v) is 4.25. The summed E-state index contributed by atoms with van der Waals surface area (Å²) in [7, 11) is 0. The average molecular weight is 350 g/mol. The molecule has 0 spiro atoms. The van der Waals surface area contributed by atoms with Crippen LogP contribution in [-0.2, 0) is 4.74 Å². The largest absolute Gasteiger partial charge is 0.450 e. The van der Waals surface area contributed by atoms with Crippen molar-refractivity contribution in [2.75, 3.05) is 18.5 Å². The van der Waals surface area contributed by atoms with Gasteiger partial charge in [0.15, 0.2) is 0 Å². The van der Waals surface area contributed by atoms with Crippen LogP contribution in [0, 0.1) is 10.1 Å². The van der Waals surface area contributed by atoms with Gasteiger partial charge in [-0.3, -0.25) is 10.1 Å². The Hall–Kier alpha value is -2.38. The normalized spacial score (nSPS) is 14.7. The first kappa shape index (κ1) is 19.0. The van der Waals surface area contributed by atoms with Gasteiger partial charge < -0.3 is 15.4 Å². The van der Waals surface area contributed by atoms with Crippen molar-refractivity contribution < 1.29 is 14.5 Å². The summed E-state index contributed by atoms with van der Waals surface area (Å²) in [5.74, 6) is 0.619. The molecular weight excluding hydrogens is 324 g/mol. The summed E-state index contributed by atoms with van der Waals surface area (Å²) in [6.07, 6.45) is 9.31. The maximum atomic E-state index is 11.7. The molecule has 0 saturated heterocycles. The van der Waals surface area contributed by atoms with Crippen molar-refractivity contribution in [1.82, 2.24) is 10.3 Å². The molecule has 0 bridgehead atoms. The van der Waals surface area contributed by atoms with Gasteiger partial charge in [0.25, 0.3) is 5.69 Å². The second-order valence-electron chi connectivity index (χ2n) is 6.26. The SMILES string of the molecule is O=C(NC1CCCCC1)OCCCCCNc1ccc([N+](=O)[O-])cn1. The predicted octanol–water partition coefficient (Wildman–Crippen LogP) is 3.63. The molecule has 138 valence electrons. The van der Waals surface area contributed by atoms with Crippen LogP contribution in [0.4, 0.5) is 16.3 Å². The van der Waals surface area contributed by atoms with E-state index in [1.807, 2.05) is 0 Å². The van der Waals surface area contributed by atoms with Gasteiger partial charge in [-0.05, 0) is 38.2 Å². The number of carbonyl (C=O) groups excluding carboxylic acids is 1. The van der Waals surface area contributed by atoms with E-state index in [1.165, 1.54) is 31.5 Å². The molecule has 0 unspecified atom stereocenters. The van der Waals surface area contributed by atoms with Crippen molar-refractivity contribution in [2.45, 2.75) is 57.4 Å². The molecule has 0 radical (unpaired) electrons. The van der Waals surface area contributed by atoms with Crippen LogP contribution in [0.1, 0.15) is 51.4 Å². The minimum atomic E-state index is -0.471. The lowest BCUT2D eigenvalue weighted by atomic mass is 9.96. The lowest BCUT2D eigenvalue weighted by molar-refractivity contribution is -0.385. The highest BCUT2D eigenvalue weighted by atomic mass is 16.6. The number of nitrogens with zero attached hydrogens (tertiary/aromatic N) is 2. The lowest BCUT2D eigenvalue weighted by Gasteiger charge is -2.22. The molecule has 0 aromatic carbocycles. The van der Waals surface area contributed by atoms with Crippen molar-refractivity contribution >= 4 is 17.6 Å². The molecule has 1 aliphatic rings. The number of amides is 1. The first-order chi connectivity index (χ1) is 12.1. The third-order valence-electron chi connectivity index (χ3n) is 4.25. The summed E-state index contributed by atoms with van der Waals surface area (Å²) in [5, 5.41) is 16.6. The van der Waals surface area contributed by atoms with E-state index < -0.39 is 4.92 Å². The zero-order chi connectivity index (χ0) is 17.9. The van der Waals surface area contributed by atoms with Crippen LogP contribution in [0.15, 0.2) is 18.3 Å². The number of rotatable bonds is 9. The molecule has 8 heteroatoms. The molecular formula is C17H26N4O4. The van der Waals surface area contributed by atoms with Gasteiger partial charge in [0, 0.05) is 18.7 Å². The summed E-state index contributed by atoms with van der Waals surface area (Å²) >= 11 is 0. The highest BCUT2D eigenvalue weighted by Crippen LogP contribution is 2.17. The Morgan fingerprint density at radius 2 is 2.04 bits per heavy atom. The van der Waals surface area contributed by atoms with Crippen molar-refractivity contribution in [3.05, 3.63) is 28.4 Å². The molecule has 2 rings (SSSR count). The fourth-order valence-corrected chi connectivity index (χ4v) is 2.84. The molecule has 1 aliphatic carbocycles. The van der Waals surface area contributed by atoms with Crippen LogP contribution in [0.2, 0.25) is 0 Å². The Morgan fingerprint density at radius 3 is 2.72 bits per heavy atom. The Balaban J connectivity index is 1.47. The number of aromatic nitrogens is 1. The molecule has 1 aromatic rings. The van der Waals surface area contributed by atoms with Crippen LogP contribution in [-0.4, -0.2) is 35.2 Å². The molecule has 25 heavy (non-hydrogen) atoms. The monoisotopic (exact) mass is 350 g/mol. The van der Waals surface area contributed by atoms with Gasteiger partial charge in [-0.1, -0.05) is 19.3 Å². The van der Waals surface area contributed by atoms with Gasteiger partial charge >= 0.3 is 6.09 Å². The lowest BCUT2D eigenvalue weighted by Crippen LogP contribution is -2.36. The van der Waals surface area contributed by atoms with E-state index in [2.05, 4.69) is 15.6 Å². The Bertz CT molecular complexity index is 544. The number of anilines is 1. The third kappa shape index (κ3) is 7.36. The van der Waals surface area contributed by atoms with Gasteiger partial charge in [-0.15, -0.1) is 0 Å². The van der Waals surface area contributed by atoms with Crippen molar-refractivity contribution in [2.24, 2.45) is 0 Å². The molecule has 2 N–H and O–H groups in total. The highest BCUT2D eigenvalue weighted by Gasteiger charge is 2.15. The van der Waals surface area contributed by atoms with Gasteiger partial charge in [-0.25, -0.2) is 9.78 Å². The number of alkyl carbamates (subject to hydrolysis) is 1. The second kappa shape index (κ2) is 10.5. The number of nitrogens with one attached hydrogen (secondary N) is 2. The fourth-order valence-electron chi connectivity index (χ4n) is 2.84. The first-order valence-electron chi connectivity index (χ1n) is 8.93. The van der Waals surface area contributed by atoms with Crippen LogP contribution in [0.3, 0.4) is 0 Å². The molecule has 8 nitrogen and oxygen atoms in total. The van der Waals surface area contributed by atoms with E-state index in [4.69, 9.17) is 4.74 Å². The van der Waals surface area contributed by atoms with Gasteiger partial charge in [-0.2, -0.15) is 0 Å². The van der Waals surface area contributed by atoms with Crippen LogP contribution in [0.25, 0.3) is 0 Å². The van der Waals surface area contributed by atoms with E-state index in [-0.39, 0.29) is 17.8 Å². The van der Waals surface area contributed by atoms with E-state index in [0.717, 1.165) is 38.6 Å². The summed E-state index contributed by atoms with van der Waals surface area (Å²) in [5.41, 5.74) is -0.0193. The number of nitro groups is 1. The number of pyridine rings is 1. The van der Waals surface area contributed by atoms with E-state index >= 15 is 0 Å². The zero-order valence-electron chi connectivity index (χ0n) is 14.4. The van der Waals surface area contributed by atoms with Gasteiger partial charge in [0.2, 0.25) is 0 Å². The predicted molar refractivity (Wildman–Crippen MR) is 94.6 cm³/mol. The number of ether oxygens (including phenoxy) is 1. The van der Waals surface area contributed by atoms with Gasteiger partial charge in [0.1, 0.15) is 12.0 Å². The Labute approximate surface area is 147 Å². The standard InChI is InChI=1S/C17H26N4O4/c22-17(20-14-7-3-1-4-8-14)25-12-6-2-5-11-18-16-10-9-15(13-19-16)21(23)24/h9-10,13-14H,1-8,11-12H2,(H,18,19)(H,20,22). The van der Waals surface area contributed by atoms with Crippen LogP contribution >= 0.6 is 0 Å². The topological polar surface area (TPSA) is 106 Å². The second-order valence-corrected chi connectivity index (χ2v) is 6.26. The van der Waals surface area contributed by atoms with E-state index in [1.54, 1.807) is 6.07 Å². The molecule has 0 aliphatic heterocycles. The molecule has 1 saturated carbocycles. The van der Waals surface area contributed by atoms with Gasteiger partial charge in [0.05, 0.1) is 11.5 Å². The molecule has 1 heterocycles. The fraction of sp³-hybridized carbons (Fsp3) is 0.647. The quantitative estimate of drug-likeness (QED) is 0.400. The molecule has 0 atom stereocenters. The maximum Gasteiger partial charge on any atom is 0.407 e. The molecule has 1 amide bonds. The van der Waals surface area contributed by atoms with Crippen molar-refractivity contribution in [1.29, 1.82) is 0 Å². The smallest absolute Gasteiger partial charge is 0.407 e. The molecule has 1 fully saturated rings. The van der Waals surface area contributed by atoms with Crippen molar-refractivity contribution in [3.8, 4) is 0 Å². The highest BCUT2D eigenvalue weighted by molar-refractivity contribution is 5.67. The zero-order valence-corrected chi connectivity index (χ0v) is 14.4. The number of hydrogen-bond donors (Lipinski definition) is 2. The summed E-state index contributed by atoms with van der Waals surface area (Å²) < 4.78 is 5.20. The first-order valence-corrected chi connectivity index (χ1v) is 8.93. The van der Waals surface area contributed by atoms with E-state index in [0.29, 0.717) is 12.4 Å². The summed E-state index contributed by atoms with van der Waals surface area (Å²) in [6.45, 7) is 1.15. The van der Waals surface area contributed by atoms with Crippen LogP contribution < -0.4 is 10.6 Å². The Morgan fingerprint density at radius 1 is 1.24 bits per heavy atom. The van der Waals surface area contributed by atoms with Crippen molar-refractivity contribution in [3.63, 3.8) is 0 Å². The summed E-state index contributed by atoms with van der Waals surface area (Å²) in [4.78, 5) is 25.7. The number of unbranched alkanes of at least 4 members (excludes halogenated alkanes) is 2. The number of hydrogen-bond acceptors (Lipinski definition) is 6. The number of carbonyl (C=O) groups is 1. The van der Waals surface area contributed by atoms with Crippen LogP contribution in [0.5, 0.6) is 0 Å². The minimum Gasteiger partial charge on any atom is -0.450 e. The average Bonchev–Trinajstić information content (AvgIpc) is 2.62. The minimum absolute atomic E-state index is 0.0193. The Kier molecular flexibility index (Phi) is 7.94.